The van der Waals surface area contributed by atoms with E-state index in [9.17, 15) is 9.59 Å². The maximum atomic E-state index is 11.8. The van der Waals surface area contributed by atoms with E-state index in [2.05, 4.69) is 15.3 Å². The van der Waals surface area contributed by atoms with Crippen LogP contribution in [-0.4, -0.2) is 33.5 Å². The number of carbonyl (C=O) groups excluding carboxylic acids is 1. The number of hydrogen-bond acceptors (Lipinski definition) is 5. The van der Waals surface area contributed by atoms with Gasteiger partial charge in [0, 0.05) is 24.5 Å². The van der Waals surface area contributed by atoms with Crippen molar-refractivity contribution >= 4 is 46.4 Å². The van der Waals surface area contributed by atoms with Crippen molar-refractivity contribution in [3.05, 3.63) is 44.1 Å². The van der Waals surface area contributed by atoms with Gasteiger partial charge in [-0.1, -0.05) is 23.2 Å². The van der Waals surface area contributed by atoms with Gasteiger partial charge in [0.2, 0.25) is 0 Å². The van der Waals surface area contributed by atoms with Crippen molar-refractivity contribution in [2.24, 2.45) is 0 Å². The smallest absolute Gasteiger partial charge is 0.355 e. The highest BCUT2D eigenvalue weighted by molar-refractivity contribution is 7.09. The van der Waals surface area contributed by atoms with Crippen molar-refractivity contribution in [1.29, 1.82) is 0 Å². The number of carboxylic acid groups (broad SMARTS) is 1. The SMILES string of the molecule is O=C(NCCc1nc(C(=O)O)cs1)c1cnc(Cl)c(Cl)c1. The number of carbonyl (C=O) groups is 2. The number of thiazole rings is 1. The van der Waals surface area contributed by atoms with E-state index in [0.717, 1.165) is 0 Å². The summed E-state index contributed by atoms with van der Waals surface area (Å²) in [5, 5.41) is 13.9. The van der Waals surface area contributed by atoms with Gasteiger partial charge in [0.1, 0.15) is 5.15 Å². The first-order valence-electron chi connectivity index (χ1n) is 5.74. The highest BCUT2D eigenvalue weighted by Crippen LogP contribution is 2.19. The molecule has 0 unspecified atom stereocenters. The lowest BCUT2D eigenvalue weighted by molar-refractivity contribution is 0.0690. The van der Waals surface area contributed by atoms with Crippen molar-refractivity contribution in [1.82, 2.24) is 15.3 Å². The Kier molecular flexibility index (Phi) is 5.11. The number of rotatable bonds is 5. The van der Waals surface area contributed by atoms with Crippen LogP contribution in [0.1, 0.15) is 25.9 Å². The van der Waals surface area contributed by atoms with Gasteiger partial charge in [-0.2, -0.15) is 0 Å². The van der Waals surface area contributed by atoms with E-state index in [1.165, 1.54) is 29.0 Å². The monoisotopic (exact) mass is 345 g/mol. The van der Waals surface area contributed by atoms with Gasteiger partial charge in [-0.05, 0) is 6.07 Å². The molecule has 0 aliphatic heterocycles. The lowest BCUT2D eigenvalue weighted by Gasteiger charge is -2.04. The van der Waals surface area contributed by atoms with E-state index in [1.807, 2.05) is 0 Å². The quantitative estimate of drug-likeness (QED) is 0.812. The fourth-order valence-corrected chi connectivity index (χ4v) is 2.50. The summed E-state index contributed by atoms with van der Waals surface area (Å²) in [7, 11) is 0. The summed E-state index contributed by atoms with van der Waals surface area (Å²) in [5.74, 6) is -1.40. The number of carboxylic acids is 1. The highest BCUT2D eigenvalue weighted by Gasteiger charge is 2.11. The van der Waals surface area contributed by atoms with Gasteiger partial charge in [-0.25, -0.2) is 14.8 Å². The van der Waals surface area contributed by atoms with Gasteiger partial charge in [-0.3, -0.25) is 4.79 Å². The molecule has 0 aliphatic rings. The van der Waals surface area contributed by atoms with Gasteiger partial charge < -0.3 is 10.4 Å². The third kappa shape index (κ3) is 4.13. The molecule has 0 atom stereocenters. The number of halogens is 2. The Morgan fingerprint density at radius 3 is 2.76 bits per heavy atom. The molecule has 2 aromatic rings. The zero-order valence-electron chi connectivity index (χ0n) is 10.5. The molecule has 0 radical (unpaired) electrons. The third-order valence-electron chi connectivity index (χ3n) is 2.45. The second kappa shape index (κ2) is 6.84. The number of amides is 1. The van der Waals surface area contributed by atoms with Gasteiger partial charge in [0.15, 0.2) is 5.69 Å². The molecule has 9 heteroatoms. The Bertz CT molecular complexity index is 690. The van der Waals surface area contributed by atoms with Crippen LogP contribution < -0.4 is 5.32 Å². The first-order chi connectivity index (χ1) is 9.97. The Morgan fingerprint density at radius 1 is 1.38 bits per heavy atom. The van der Waals surface area contributed by atoms with Crippen LogP contribution in [-0.2, 0) is 6.42 Å². The number of hydrogen-bond donors (Lipinski definition) is 2. The summed E-state index contributed by atoms with van der Waals surface area (Å²) in [4.78, 5) is 30.2. The molecule has 2 N–H and O–H groups in total. The van der Waals surface area contributed by atoms with Crippen molar-refractivity contribution in [2.75, 3.05) is 6.54 Å². The summed E-state index contributed by atoms with van der Waals surface area (Å²) in [6, 6.07) is 1.43. The topological polar surface area (TPSA) is 92.2 Å². The lowest BCUT2D eigenvalue weighted by atomic mass is 10.2. The van der Waals surface area contributed by atoms with Crippen LogP contribution in [0.25, 0.3) is 0 Å². The van der Waals surface area contributed by atoms with Crippen molar-refractivity contribution in [3.8, 4) is 0 Å². The molecule has 0 bridgehead atoms. The van der Waals surface area contributed by atoms with Crippen molar-refractivity contribution in [2.45, 2.75) is 6.42 Å². The number of aromatic carboxylic acids is 1. The van der Waals surface area contributed by atoms with Crippen LogP contribution in [0.5, 0.6) is 0 Å². The molecule has 110 valence electrons. The van der Waals surface area contributed by atoms with Crippen molar-refractivity contribution in [3.63, 3.8) is 0 Å². The molecule has 0 aromatic carbocycles. The minimum Gasteiger partial charge on any atom is -0.476 e. The highest BCUT2D eigenvalue weighted by atomic mass is 35.5. The van der Waals surface area contributed by atoms with E-state index in [4.69, 9.17) is 28.3 Å². The summed E-state index contributed by atoms with van der Waals surface area (Å²) in [6.07, 6.45) is 1.77. The molecular formula is C12H9Cl2N3O3S. The van der Waals surface area contributed by atoms with E-state index in [1.54, 1.807) is 0 Å². The maximum Gasteiger partial charge on any atom is 0.355 e. The molecule has 6 nitrogen and oxygen atoms in total. The molecule has 2 heterocycles. The average Bonchev–Trinajstić information content (AvgIpc) is 2.91. The van der Waals surface area contributed by atoms with E-state index < -0.39 is 5.97 Å². The van der Waals surface area contributed by atoms with Crippen LogP contribution in [0, 0.1) is 0 Å². The van der Waals surface area contributed by atoms with E-state index >= 15 is 0 Å². The normalized spacial score (nSPS) is 10.4. The first kappa shape index (κ1) is 15.7. The lowest BCUT2D eigenvalue weighted by Crippen LogP contribution is -2.25. The Balaban J connectivity index is 1.88. The summed E-state index contributed by atoms with van der Waals surface area (Å²) in [5.41, 5.74) is 0.310. The van der Waals surface area contributed by atoms with Gasteiger partial charge >= 0.3 is 5.97 Å². The third-order valence-corrected chi connectivity index (χ3v) is 4.05. The van der Waals surface area contributed by atoms with Crippen molar-refractivity contribution < 1.29 is 14.7 Å². The van der Waals surface area contributed by atoms with E-state index in [-0.39, 0.29) is 21.8 Å². The molecule has 0 saturated carbocycles. The predicted octanol–water partition coefficient (Wildman–Crippen LogP) is 2.52. The Labute approximate surface area is 133 Å². The number of aromatic nitrogens is 2. The summed E-state index contributed by atoms with van der Waals surface area (Å²) in [6.45, 7) is 0.325. The molecule has 0 spiro atoms. The fourth-order valence-electron chi connectivity index (χ4n) is 1.45. The summed E-state index contributed by atoms with van der Waals surface area (Å²) >= 11 is 12.7. The molecule has 2 rings (SSSR count). The number of nitrogens with one attached hydrogen (secondary N) is 1. The zero-order chi connectivity index (χ0) is 15.4. The molecule has 21 heavy (non-hydrogen) atoms. The molecule has 2 aromatic heterocycles. The second-order valence-electron chi connectivity index (χ2n) is 3.93. The minimum absolute atomic E-state index is 0.00927. The maximum absolute atomic E-state index is 11.8. The standard InChI is InChI=1S/C12H9Cl2N3O3S/c13-7-3-6(4-16-10(7)14)11(18)15-2-1-9-17-8(5-21-9)12(19)20/h3-5H,1-2H2,(H,15,18)(H,19,20). The van der Waals surface area contributed by atoms with Gasteiger partial charge in [0.25, 0.3) is 5.91 Å². The number of nitrogens with zero attached hydrogens (tertiary/aromatic N) is 2. The summed E-state index contributed by atoms with van der Waals surface area (Å²) < 4.78 is 0. The zero-order valence-corrected chi connectivity index (χ0v) is 12.8. The second-order valence-corrected chi connectivity index (χ2v) is 5.64. The fraction of sp³-hybridized carbons (Fsp3) is 0.167. The number of pyridine rings is 1. The van der Waals surface area contributed by atoms with Gasteiger partial charge in [-0.15, -0.1) is 11.3 Å². The van der Waals surface area contributed by atoms with Crippen LogP contribution in [0.15, 0.2) is 17.6 Å². The molecule has 0 fully saturated rings. The Hall–Kier alpha value is -1.70. The molecule has 1 amide bonds. The predicted molar refractivity (Wildman–Crippen MR) is 79.4 cm³/mol. The largest absolute Gasteiger partial charge is 0.476 e. The van der Waals surface area contributed by atoms with Crippen LogP contribution >= 0.6 is 34.5 Å². The van der Waals surface area contributed by atoms with Crippen LogP contribution in [0.2, 0.25) is 10.2 Å². The molecule has 0 aliphatic carbocycles. The van der Waals surface area contributed by atoms with Crippen LogP contribution in [0.4, 0.5) is 0 Å². The Morgan fingerprint density at radius 2 is 2.14 bits per heavy atom. The molecule has 0 saturated heterocycles. The van der Waals surface area contributed by atoms with Gasteiger partial charge in [0.05, 0.1) is 15.6 Å². The average molecular weight is 346 g/mol. The minimum atomic E-state index is -1.07. The molecular weight excluding hydrogens is 337 g/mol. The van der Waals surface area contributed by atoms with Crippen LogP contribution in [0.3, 0.4) is 0 Å². The first-order valence-corrected chi connectivity index (χ1v) is 7.38. The van der Waals surface area contributed by atoms with E-state index in [0.29, 0.717) is 23.5 Å².